The van der Waals surface area contributed by atoms with Crippen LogP contribution in [-0.2, 0) is 14.6 Å². The van der Waals surface area contributed by atoms with E-state index in [9.17, 15) is 47.9 Å². The van der Waals surface area contributed by atoms with E-state index in [-0.39, 0.29) is 0 Å². The van der Waals surface area contributed by atoms with Crippen LogP contribution in [0.4, 0.5) is 39.5 Å². The normalized spacial score (nSPS) is 18.9. The molecule has 0 bridgehead atoms. The first-order valence-electron chi connectivity index (χ1n) is 4.26. The van der Waals surface area contributed by atoms with Gasteiger partial charge in [0.2, 0.25) is 6.17 Å². The zero-order valence-electron chi connectivity index (χ0n) is 8.79. The molecule has 0 aliphatic carbocycles. The van der Waals surface area contributed by atoms with Crippen molar-refractivity contribution in [2.75, 3.05) is 0 Å². The van der Waals surface area contributed by atoms with Crippen LogP contribution in [0.3, 0.4) is 0 Å². The van der Waals surface area contributed by atoms with Gasteiger partial charge < -0.3 is 0 Å². The van der Waals surface area contributed by atoms with Crippen molar-refractivity contribution >= 4 is 10.4 Å². The van der Waals surface area contributed by atoms with Crippen LogP contribution in [0.5, 0.6) is 0 Å². The third-order valence-corrected chi connectivity index (χ3v) is 2.21. The molecule has 0 amide bonds. The van der Waals surface area contributed by atoms with E-state index in [1.807, 2.05) is 0 Å². The highest BCUT2D eigenvalue weighted by molar-refractivity contribution is 7.80. The maximum Gasteiger partial charge on any atom is 0.400 e. The van der Waals surface area contributed by atoms with Crippen LogP contribution in [-0.4, -0.2) is 49.9 Å². The number of hydrogen-bond acceptors (Lipinski definition) is 3. The van der Waals surface area contributed by atoms with Crippen LogP contribution >= 0.6 is 0 Å². The van der Waals surface area contributed by atoms with Crippen molar-refractivity contribution < 1.29 is 56.7 Å². The number of alkyl halides is 9. The molecule has 3 atom stereocenters. The fourth-order valence-corrected chi connectivity index (χ4v) is 1.16. The van der Waals surface area contributed by atoms with Gasteiger partial charge in [-0.3, -0.25) is 4.55 Å². The average Bonchev–Trinajstić information content (AvgIpc) is 2.23. The van der Waals surface area contributed by atoms with Gasteiger partial charge in [0.1, 0.15) is 0 Å². The van der Waals surface area contributed by atoms with E-state index >= 15 is 0 Å². The minimum Gasteiger partial charge on any atom is -0.263 e. The molecular formula is C6H5F9O4S. The highest BCUT2D eigenvalue weighted by atomic mass is 32.3. The van der Waals surface area contributed by atoms with Crippen molar-refractivity contribution in [2.45, 2.75) is 37.0 Å². The molecule has 0 radical (unpaired) electrons. The SMILES string of the molecule is O=S(=O)(O)OC(F)C(F)(F)C(F)(F)C(F)C(F)C(F)F. The van der Waals surface area contributed by atoms with Gasteiger partial charge >= 0.3 is 22.2 Å². The molecular weight excluding hydrogens is 339 g/mol. The molecule has 0 fully saturated rings. The lowest BCUT2D eigenvalue weighted by atomic mass is 10.0. The Kier molecular flexibility index (Phi) is 5.70. The van der Waals surface area contributed by atoms with Crippen molar-refractivity contribution in [1.82, 2.24) is 0 Å². The Hall–Kier alpha value is -0.760. The van der Waals surface area contributed by atoms with Gasteiger partial charge in [0.05, 0.1) is 0 Å². The van der Waals surface area contributed by atoms with Crippen LogP contribution in [0.1, 0.15) is 0 Å². The van der Waals surface area contributed by atoms with Crippen LogP contribution in [0.2, 0.25) is 0 Å². The third kappa shape index (κ3) is 4.12. The van der Waals surface area contributed by atoms with Gasteiger partial charge in [-0.2, -0.15) is 26.0 Å². The first-order valence-corrected chi connectivity index (χ1v) is 5.62. The highest BCUT2D eigenvalue weighted by Crippen LogP contribution is 2.44. The highest BCUT2D eigenvalue weighted by Gasteiger charge is 2.70. The first kappa shape index (κ1) is 19.2. The molecule has 20 heavy (non-hydrogen) atoms. The van der Waals surface area contributed by atoms with Crippen LogP contribution in [0.15, 0.2) is 0 Å². The fraction of sp³-hybridized carbons (Fsp3) is 1.00. The molecule has 3 unspecified atom stereocenters. The van der Waals surface area contributed by atoms with Gasteiger partial charge in [0.25, 0.3) is 12.8 Å². The van der Waals surface area contributed by atoms with E-state index in [1.54, 1.807) is 0 Å². The summed E-state index contributed by atoms with van der Waals surface area (Å²) in [7, 11) is -5.98. The summed E-state index contributed by atoms with van der Waals surface area (Å²) in [6.45, 7) is 0. The molecule has 0 rings (SSSR count). The standard InChI is InChI=1S/C6H5F9O4S/c7-1(3(9)10)2(8)5(12,13)6(14,15)4(11)19-20(16,17)18/h1-4H,(H,16,17,18). The minimum atomic E-state index is -6.38. The van der Waals surface area contributed by atoms with E-state index in [0.717, 1.165) is 0 Å². The first-order chi connectivity index (χ1) is 8.64. The molecule has 0 heterocycles. The summed E-state index contributed by atoms with van der Waals surface area (Å²) in [5.74, 6) is -12.7. The lowest BCUT2D eigenvalue weighted by Crippen LogP contribution is -2.57. The molecule has 14 heteroatoms. The monoisotopic (exact) mass is 344 g/mol. The Morgan fingerprint density at radius 1 is 0.900 bits per heavy atom. The predicted molar refractivity (Wildman–Crippen MR) is 43.2 cm³/mol. The van der Waals surface area contributed by atoms with Crippen LogP contribution in [0.25, 0.3) is 0 Å². The Balaban J connectivity index is 5.34. The second-order valence-electron chi connectivity index (χ2n) is 3.27. The largest absolute Gasteiger partial charge is 0.400 e. The molecule has 1 N–H and O–H groups in total. The number of rotatable bonds is 7. The van der Waals surface area contributed by atoms with Crippen molar-refractivity contribution in [3.05, 3.63) is 0 Å². The Bertz CT molecular complexity index is 424. The molecule has 0 aliphatic rings. The van der Waals surface area contributed by atoms with E-state index in [0.29, 0.717) is 0 Å². The van der Waals surface area contributed by atoms with Crippen LogP contribution < -0.4 is 0 Å². The van der Waals surface area contributed by atoms with Crippen molar-refractivity contribution in [3.8, 4) is 0 Å². The Morgan fingerprint density at radius 3 is 1.60 bits per heavy atom. The van der Waals surface area contributed by atoms with Gasteiger partial charge in [-0.25, -0.2) is 26.1 Å². The summed E-state index contributed by atoms with van der Waals surface area (Å²) in [5, 5.41) is 0. The zero-order valence-corrected chi connectivity index (χ0v) is 9.61. The van der Waals surface area contributed by atoms with Gasteiger partial charge in [-0.15, -0.1) is 0 Å². The van der Waals surface area contributed by atoms with E-state index in [4.69, 9.17) is 4.55 Å². The lowest BCUT2D eigenvalue weighted by Gasteiger charge is -2.31. The van der Waals surface area contributed by atoms with Gasteiger partial charge in [0, 0.05) is 0 Å². The average molecular weight is 344 g/mol. The van der Waals surface area contributed by atoms with E-state index < -0.39 is 47.4 Å². The number of halogens is 9. The Labute approximate surface area is 105 Å². The molecule has 122 valence electrons. The predicted octanol–water partition coefficient (Wildman–Crippen LogP) is 2.31. The number of hydrogen-bond donors (Lipinski definition) is 1. The summed E-state index contributed by atoms with van der Waals surface area (Å²) in [4.78, 5) is 0. The molecule has 0 aliphatic heterocycles. The summed E-state index contributed by atoms with van der Waals surface area (Å²) in [6.07, 6.45) is -18.5. The second kappa shape index (κ2) is 5.93. The summed E-state index contributed by atoms with van der Waals surface area (Å²) in [6, 6.07) is 0. The molecule has 0 aromatic heterocycles. The quantitative estimate of drug-likeness (QED) is 0.569. The van der Waals surface area contributed by atoms with Gasteiger partial charge in [-0.05, 0) is 0 Å². The molecule has 0 aromatic rings. The minimum absolute atomic E-state index is 2.43. The summed E-state index contributed by atoms with van der Waals surface area (Å²) >= 11 is 0. The van der Waals surface area contributed by atoms with Gasteiger partial charge in [-0.1, -0.05) is 0 Å². The summed E-state index contributed by atoms with van der Waals surface area (Å²) in [5.41, 5.74) is 0. The van der Waals surface area contributed by atoms with Crippen molar-refractivity contribution in [3.63, 3.8) is 0 Å². The van der Waals surface area contributed by atoms with Crippen molar-refractivity contribution in [2.24, 2.45) is 0 Å². The smallest absolute Gasteiger partial charge is 0.263 e. The van der Waals surface area contributed by atoms with E-state index in [1.165, 1.54) is 0 Å². The second-order valence-corrected chi connectivity index (χ2v) is 4.31. The van der Waals surface area contributed by atoms with Gasteiger partial charge in [0.15, 0.2) is 6.17 Å². The van der Waals surface area contributed by atoms with Crippen molar-refractivity contribution in [1.29, 1.82) is 0 Å². The third-order valence-electron chi connectivity index (χ3n) is 1.80. The Morgan fingerprint density at radius 2 is 1.30 bits per heavy atom. The molecule has 4 nitrogen and oxygen atoms in total. The molecule has 0 aromatic carbocycles. The maximum absolute atomic E-state index is 12.7. The topological polar surface area (TPSA) is 63.6 Å². The van der Waals surface area contributed by atoms with E-state index in [2.05, 4.69) is 4.18 Å². The zero-order chi connectivity index (χ0) is 16.5. The lowest BCUT2D eigenvalue weighted by molar-refractivity contribution is -0.303. The fourth-order valence-electron chi connectivity index (χ4n) is 0.830. The molecule has 0 saturated heterocycles. The maximum atomic E-state index is 12.7. The molecule has 0 spiro atoms. The molecule has 0 saturated carbocycles. The summed E-state index contributed by atoms with van der Waals surface area (Å²) < 4.78 is 141. The van der Waals surface area contributed by atoms with Crippen LogP contribution in [0, 0.1) is 0 Å².